The molecule has 0 fully saturated rings. The lowest BCUT2D eigenvalue weighted by atomic mass is 9.94. The summed E-state index contributed by atoms with van der Waals surface area (Å²) in [6.45, 7) is 6.01. The van der Waals surface area contributed by atoms with Gasteiger partial charge in [0.05, 0.1) is 14.2 Å². The van der Waals surface area contributed by atoms with Gasteiger partial charge < -0.3 is 15.2 Å². The first-order chi connectivity index (χ1) is 7.80. The molecule has 17 heavy (non-hydrogen) atoms. The molecule has 0 spiro atoms. The molecule has 0 heterocycles. The summed E-state index contributed by atoms with van der Waals surface area (Å²) in [4.78, 5) is 0. The van der Waals surface area contributed by atoms with Gasteiger partial charge in [0.2, 0.25) is 0 Å². The molecule has 1 aromatic carbocycles. The zero-order valence-corrected chi connectivity index (χ0v) is 12.6. The van der Waals surface area contributed by atoms with Gasteiger partial charge in [0.25, 0.3) is 0 Å². The molecule has 2 N–H and O–H groups in total. The number of nitrogens with two attached hydrogens (primary N) is 1. The third kappa shape index (κ3) is 3.36. The molecule has 3 nitrogen and oxygen atoms in total. The van der Waals surface area contributed by atoms with E-state index in [0.29, 0.717) is 0 Å². The SMILES string of the molecule is COc1c(C)cc(CC(C)(C)N)c(OC)c1Br. The van der Waals surface area contributed by atoms with Crippen molar-refractivity contribution in [3.63, 3.8) is 0 Å². The van der Waals surface area contributed by atoms with Crippen LogP contribution >= 0.6 is 15.9 Å². The summed E-state index contributed by atoms with van der Waals surface area (Å²) < 4.78 is 11.6. The van der Waals surface area contributed by atoms with Crippen molar-refractivity contribution in [1.82, 2.24) is 0 Å². The largest absolute Gasteiger partial charge is 0.495 e. The van der Waals surface area contributed by atoms with Gasteiger partial charge in [-0.3, -0.25) is 0 Å². The first kappa shape index (κ1) is 14.3. The van der Waals surface area contributed by atoms with E-state index in [1.165, 1.54) is 0 Å². The molecule has 0 aromatic heterocycles. The molecule has 4 heteroatoms. The van der Waals surface area contributed by atoms with Gasteiger partial charge >= 0.3 is 0 Å². The Morgan fingerprint density at radius 2 is 1.76 bits per heavy atom. The van der Waals surface area contributed by atoms with Crippen LogP contribution in [0.5, 0.6) is 11.5 Å². The average molecular weight is 302 g/mol. The van der Waals surface area contributed by atoms with Crippen molar-refractivity contribution in [2.75, 3.05) is 14.2 Å². The maximum Gasteiger partial charge on any atom is 0.140 e. The van der Waals surface area contributed by atoms with Gasteiger partial charge in [0.1, 0.15) is 16.0 Å². The van der Waals surface area contributed by atoms with Crippen molar-refractivity contribution >= 4 is 15.9 Å². The van der Waals surface area contributed by atoms with E-state index >= 15 is 0 Å². The summed E-state index contributed by atoms with van der Waals surface area (Å²) in [6.07, 6.45) is 0.750. The molecule has 1 aromatic rings. The lowest BCUT2D eigenvalue weighted by molar-refractivity contribution is 0.380. The number of hydrogen-bond donors (Lipinski definition) is 1. The van der Waals surface area contributed by atoms with Crippen LogP contribution in [0.3, 0.4) is 0 Å². The Morgan fingerprint density at radius 3 is 2.18 bits per heavy atom. The van der Waals surface area contributed by atoms with Crippen molar-refractivity contribution in [2.24, 2.45) is 5.73 Å². The minimum absolute atomic E-state index is 0.270. The zero-order valence-electron chi connectivity index (χ0n) is 11.1. The lowest BCUT2D eigenvalue weighted by Crippen LogP contribution is -2.34. The van der Waals surface area contributed by atoms with E-state index in [9.17, 15) is 0 Å². The molecular weight excluding hydrogens is 282 g/mol. The van der Waals surface area contributed by atoms with Gasteiger partial charge in [-0.25, -0.2) is 0 Å². The van der Waals surface area contributed by atoms with Crippen LogP contribution in [-0.2, 0) is 6.42 Å². The molecule has 0 atom stereocenters. The number of hydrogen-bond acceptors (Lipinski definition) is 3. The Balaban J connectivity index is 3.32. The van der Waals surface area contributed by atoms with Gasteiger partial charge in [-0.1, -0.05) is 0 Å². The number of rotatable bonds is 4. The van der Waals surface area contributed by atoms with Crippen LogP contribution in [0, 0.1) is 6.92 Å². The highest BCUT2D eigenvalue weighted by Gasteiger charge is 2.20. The van der Waals surface area contributed by atoms with Crippen LogP contribution in [0.4, 0.5) is 0 Å². The minimum Gasteiger partial charge on any atom is -0.495 e. The highest BCUT2D eigenvalue weighted by atomic mass is 79.9. The summed E-state index contributed by atoms with van der Waals surface area (Å²) in [5.41, 5.74) is 7.95. The summed E-state index contributed by atoms with van der Waals surface area (Å²) in [5.74, 6) is 1.60. The van der Waals surface area contributed by atoms with Crippen LogP contribution in [0.2, 0.25) is 0 Å². The summed E-state index contributed by atoms with van der Waals surface area (Å²) in [7, 11) is 3.31. The van der Waals surface area contributed by atoms with E-state index in [4.69, 9.17) is 15.2 Å². The predicted molar refractivity (Wildman–Crippen MR) is 74.0 cm³/mol. The topological polar surface area (TPSA) is 44.5 Å². The summed E-state index contributed by atoms with van der Waals surface area (Å²) in [5, 5.41) is 0. The first-order valence-electron chi connectivity index (χ1n) is 5.49. The number of ether oxygens (including phenoxy) is 2. The monoisotopic (exact) mass is 301 g/mol. The molecule has 0 saturated heterocycles. The molecule has 0 aliphatic rings. The van der Waals surface area contributed by atoms with Crippen molar-refractivity contribution in [3.8, 4) is 11.5 Å². The van der Waals surface area contributed by atoms with Crippen LogP contribution in [0.1, 0.15) is 25.0 Å². The second kappa shape index (κ2) is 5.27. The van der Waals surface area contributed by atoms with Gasteiger partial charge in [0, 0.05) is 5.54 Å². The standard InChI is InChI=1S/C13H20BrNO2/c1-8-6-9(7-13(2,3)15)12(17-5)10(14)11(8)16-4/h6H,7,15H2,1-5H3. The van der Waals surface area contributed by atoms with Crippen molar-refractivity contribution < 1.29 is 9.47 Å². The third-order valence-corrected chi connectivity index (χ3v) is 3.21. The van der Waals surface area contributed by atoms with E-state index in [1.807, 2.05) is 20.8 Å². The Kier molecular flexibility index (Phi) is 4.44. The molecule has 96 valence electrons. The normalized spacial score (nSPS) is 11.5. The fourth-order valence-corrected chi connectivity index (χ4v) is 2.79. The Labute approximate surface area is 111 Å². The number of methoxy groups -OCH3 is 2. The Morgan fingerprint density at radius 1 is 1.24 bits per heavy atom. The van der Waals surface area contributed by atoms with E-state index in [1.54, 1.807) is 14.2 Å². The van der Waals surface area contributed by atoms with Crippen LogP contribution < -0.4 is 15.2 Å². The molecule has 0 unspecified atom stereocenters. The van der Waals surface area contributed by atoms with E-state index < -0.39 is 0 Å². The summed E-state index contributed by atoms with van der Waals surface area (Å²) in [6, 6.07) is 2.07. The molecule has 0 aliphatic heterocycles. The third-order valence-electron chi connectivity index (χ3n) is 2.49. The molecule has 0 amide bonds. The summed E-state index contributed by atoms with van der Waals surface area (Å²) >= 11 is 3.52. The van der Waals surface area contributed by atoms with Crippen molar-refractivity contribution in [2.45, 2.75) is 32.7 Å². The average Bonchev–Trinajstić information content (AvgIpc) is 2.15. The minimum atomic E-state index is -0.270. The second-order valence-electron chi connectivity index (χ2n) is 4.90. The fourth-order valence-electron chi connectivity index (χ4n) is 1.90. The second-order valence-corrected chi connectivity index (χ2v) is 5.69. The van der Waals surface area contributed by atoms with Crippen molar-refractivity contribution in [1.29, 1.82) is 0 Å². The first-order valence-corrected chi connectivity index (χ1v) is 6.28. The Bertz CT molecular complexity index is 411. The Hall–Kier alpha value is -0.740. The molecular formula is C13H20BrNO2. The van der Waals surface area contributed by atoms with Crippen LogP contribution in [0.15, 0.2) is 10.5 Å². The van der Waals surface area contributed by atoms with E-state index in [2.05, 4.69) is 22.0 Å². The predicted octanol–water partition coefficient (Wildman–Crippen LogP) is 3.05. The van der Waals surface area contributed by atoms with E-state index in [-0.39, 0.29) is 5.54 Å². The number of benzene rings is 1. The maximum absolute atomic E-state index is 6.06. The molecule has 0 aliphatic carbocycles. The smallest absolute Gasteiger partial charge is 0.140 e. The quantitative estimate of drug-likeness (QED) is 0.929. The molecule has 1 rings (SSSR count). The van der Waals surface area contributed by atoms with Gasteiger partial charge in [-0.2, -0.15) is 0 Å². The van der Waals surface area contributed by atoms with Crippen LogP contribution in [-0.4, -0.2) is 19.8 Å². The number of halogens is 1. The number of aryl methyl sites for hydroxylation is 1. The molecule has 0 bridgehead atoms. The molecule has 0 saturated carbocycles. The lowest BCUT2D eigenvalue weighted by Gasteiger charge is -2.22. The highest BCUT2D eigenvalue weighted by Crippen LogP contribution is 2.40. The van der Waals surface area contributed by atoms with Gasteiger partial charge in [0.15, 0.2) is 0 Å². The zero-order chi connectivity index (χ0) is 13.2. The van der Waals surface area contributed by atoms with E-state index in [0.717, 1.165) is 33.5 Å². The van der Waals surface area contributed by atoms with Crippen LogP contribution in [0.25, 0.3) is 0 Å². The molecule has 0 radical (unpaired) electrons. The van der Waals surface area contributed by atoms with Gasteiger partial charge in [-0.15, -0.1) is 0 Å². The van der Waals surface area contributed by atoms with Gasteiger partial charge in [-0.05, 0) is 60.3 Å². The maximum atomic E-state index is 6.06. The highest BCUT2D eigenvalue weighted by molar-refractivity contribution is 9.10. The fraction of sp³-hybridized carbons (Fsp3) is 0.538. The van der Waals surface area contributed by atoms with Crippen molar-refractivity contribution in [3.05, 3.63) is 21.7 Å².